The fourth-order valence-corrected chi connectivity index (χ4v) is 5.01. The predicted octanol–water partition coefficient (Wildman–Crippen LogP) is 4.74. The Balaban J connectivity index is 1.60. The van der Waals surface area contributed by atoms with Crippen molar-refractivity contribution >= 4 is 46.4 Å². The Morgan fingerprint density at radius 3 is 2.53 bits per heavy atom. The number of ether oxygens (including phenoxy) is 2. The largest absolute Gasteiger partial charge is 0.395 e. The maximum absolute atomic E-state index is 12.1. The summed E-state index contributed by atoms with van der Waals surface area (Å²) in [4.78, 5) is 14.4. The Morgan fingerprint density at radius 1 is 1.11 bits per heavy atom. The van der Waals surface area contributed by atoms with Gasteiger partial charge >= 0.3 is 0 Å². The number of aliphatic hydroxyl groups excluding tert-OH is 2. The second kappa shape index (κ2) is 12.0. The molecule has 0 radical (unpaired) electrons. The molecule has 2 fully saturated rings. The van der Waals surface area contributed by atoms with E-state index >= 15 is 0 Å². The van der Waals surface area contributed by atoms with E-state index in [1.165, 1.54) is 0 Å². The summed E-state index contributed by atoms with van der Waals surface area (Å²) < 4.78 is 10.9. The Bertz CT molecular complexity index is 1030. The van der Waals surface area contributed by atoms with Gasteiger partial charge in [0.05, 0.1) is 25.4 Å². The van der Waals surface area contributed by atoms with Gasteiger partial charge < -0.3 is 25.0 Å². The Hall–Kier alpha value is -1.42. The van der Waals surface area contributed by atoms with Crippen LogP contribution in [0.4, 0.5) is 5.69 Å². The van der Waals surface area contributed by atoms with E-state index in [0.717, 1.165) is 30.5 Å². The summed E-state index contributed by atoms with van der Waals surface area (Å²) in [7, 11) is 0. The number of carbonyl (C=O) groups is 1. The van der Waals surface area contributed by atoms with Crippen LogP contribution in [0.25, 0.3) is 0 Å². The third kappa shape index (κ3) is 6.52. The van der Waals surface area contributed by atoms with Gasteiger partial charge in [-0.1, -0.05) is 78.1 Å². The van der Waals surface area contributed by atoms with Gasteiger partial charge in [0.25, 0.3) is 9.70 Å². The number of nitrogens with zero attached hydrogens (tertiary/aromatic N) is 1. The number of hydrogen-bond donors (Lipinski definition) is 3. The highest BCUT2D eigenvalue weighted by atomic mass is 35.6. The first-order valence-corrected chi connectivity index (χ1v) is 13.2. The lowest BCUT2D eigenvalue weighted by Crippen LogP contribution is -2.46. The molecule has 0 spiro atoms. The Labute approximate surface area is 226 Å². The van der Waals surface area contributed by atoms with Gasteiger partial charge in [0.15, 0.2) is 6.29 Å². The zero-order valence-electron chi connectivity index (χ0n) is 19.9. The van der Waals surface area contributed by atoms with Crippen molar-refractivity contribution in [3.63, 3.8) is 0 Å². The lowest BCUT2D eigenvalue weighted by molar-refractivity contribution is -0.276. The first-order valence-electron chi connectivity index (χ1n) is 12.0. The Kier molecular flexibility index (Phi) is 9.18. The molecule has 4 rings (SSSR count). The quantitative estimate of drug-likeness (QED) is 0.426. The van der Waals surface area contributed by atoms with Crippen LogP contribution in [0.5, 0.6) is 0 Å². The normalized spacial score (nSPS) is 27.2. The average molecular weight is 558 g/mol. The second-order valence-electron chi connectivity index (χ2n) is 9.37. The number of alkyl halides is 3. The number of nitrogens with one attached hydrogen (secondary N) is 1. The van der Waals surface area contributed by atoms with E-state index in [-0.39, 0.29) is 37.4 Å². The molecule has 196 valence electrons. The molecule has 7 nitrogen and oxygen atoms in total. The first-order chi connectivity index (χ1) is 17.2. The number of likely N-dealkylation sites (tertiary alicyclic amines) is 1. The number of rotatable bonds is 7. The van der Waals surface area contributed by atoms with Crippen LogP contribution in [-0.2, 0) is 20.9 Å². The molecule has 2 aromatic rings. The second-order valence-corrected chi connectivity index (χ2v) is 11.7. The van der Waals surface area contributed by atoms with Gasteiger partial charge in [-0.05, 0) is 42.6 Å². The highest BCUT2D eigenvalue weighted by Crippen LogP contribution is 2.42. The van der Waals surface area contributed by atoms with Gasteiger partial charge in [0.2, 0.25) is 0 Å². The van der Waals surface area contributed by atoms with Crippen LogP contribution in [0.2, 0.25) is 0 Å². The van der Waals surface area contributed by atoms with Crippen molar-refractivity contribution < 1.29 is 24.5 Å². The van der Waals surface area contributed by atoms with E-state index in [4.69, 9.17) is 44.3 Å². The van der Waals surface area contributed by atoms with E-state index in [2.05, 4.69) is 17.1 Å². The molecule has 2 heterocycles. The van der Waals surface area contributed by atoms with Crippen molar-refractivity contribution in [2.75, 3.05) is 25.0 Å². The first kappa shape index (κ1) is 27.6. The summed E-state index contributed by atoms with van der Waals surface area (Å²) in [5, 5.41) is 21.9. The molecular formula is C26H31Cl3N2O5. The number of aliphatic hydroxyl groups is 2. The van der Waals surface area contributed by atoms with Gasteiger partial charge in [0, 0.05) is 29.8 Å². The molecule has 36 heavy (non-hydrogen) atoms. The zero-order chi connectivity index (χ0) is 25.9. The highest BCUT2D eigenvalue weighted by Gasteiger charge is 2.40. The van der Waals surface area contributed by atoms with Crippen LogP contribution in [0.15, 0.2) is 48.5 Å². The molecule has 5 atom stereocenters. The fourth-order valence-electron chi connectivity index (χ4n) is 4.87. The molecule has 3 N–H and O–H groups in total. The van der Waals surface area contributed by atoms with Crippen molar-refractivity contribution in [2.24, 2.45) is 5.92 Å². The van der Waals surface area contributed by atoms with E-state index in [1.807, 2.05) is 30.3 Å². The molecule has 10 heteroatoms. The van der Waals surface area contributed by atoms with Crippen molar-refractivity contribution in [1.29, 1.82) is 0 Å². The zero-order valence-corrected chi connectivity index (χ0v) is 22.2. The van der Waals surface area contributed by atoms with E-state index in [9.17, 15) is 15.0 Å². The highest BCUT2D eigenvalue weighted by molar-refractivity contribution is 6.76. The minimum atomic E-state index is -2.08. The molecule has 0 aliphatic carbocycles. The van der Waals surface area contributed by atoms with Crippen LogP contribution < -0.4 is 5.32 Å². The lowest BCUT2D eigenvalue weighted by Gasteiger charge is -2.43. The number of carbonyl (C=O) groups excluding carboxylic acids is 1. The minimum absolute atomic E-state index is 0.0217. The minimum Gasteiger partial charge on any atom is -0.395 e. The maximum atomic E-state index is 12.1. The summed E-state index contributed by atoms with van der Waals surface area (Å²) in [6.07, 6.45) is 0.875. The number of benzene rings is 2. The molecule has 0 saturated carbocycles. The molecule has 2 aliphatic rings. The van der Waals surface area contributed by atoms with Crippen LogP contribution in [0.1, 0.15) is 48.8 Å². The van der Waals surface area contributed by atoms with Crippen LogP contribution in [-0.4, -0.2) is 56.7 Å². The third-order valence-corrected chi connectivity index (χ3v) is 7.44. The molecule has 0 bridgehead atoms. The van der Waals surface area contributed by atoms with E-state index < -0.39 is 16.0 Å². The van der Waals surface area contributed by atoms with Gasteiger partial charge in [-0.3, -0.25) is 9.69 Å². The maximum Gasteiger partial charge on any atom is 0.276 e. The molecule has 2 saturated heterocycles. The van der Waals surface area contributed by atoms with Crippen molar-refractivity contribution in [3.05, 3.63) is 65.2 Å². The fraction of sp³-hybridized carbons (Fsp3) is 0.500. The summed E-state index contributed by atoms with van der Waals surface area (Å²) in [5.41, 5.74) is 2.98. The van der Waals surface area contributed by atoms with Gasteiger partial charge in [-0.25, -0.2) is 0 Å². The summed E-state index contributed by atoms with van der Waals surface area (Å²) in [5.74, 6) is -0.735. The van der Waals surface area contributed by atoms with Crippen molar-refractivity contribution in [1.82, 2.24) is 4.90 Å². The topological polar surface area (TPSA) is 91.3 Å². The standard InChI is InChI=1S/C26H31Cl3N2O5/c1-16-22(13-31-11-3-6-21(31)15-33)35-24(36-23(16)18-9-7-17(14-32)8-10-18)19-4-2-5-20(12-19)30-25(34)26(27,28)29/h2,4-5,7-10,12,16,21-24,32-33H,3,6,11,13-15H2,1H3,(H,30,34)/t16-,21-,22+,23+,24+/m0/s1. The number of hydrogen-bond acceptors (Lipinski definition) is 6. The molecule has 1 amide bonds. The van der Waals surface area contributed by atoms with Crippen LogP contribution >= 0.6 is 34.8 Å². The monoisotopic (exact) mass is 556 g/mol. The van der Waals surface area contributed by atoms with E-state index in [0.29, 0.717) is 17.8 Å². The molecule has 0 unspecified atom stereocenters. The van der Waals surface area contributed by atoms with Crippen LogP contribution in [0.3, 0.4) is 0 Å². The number of anilines is 1. The molecular weight excluding hydrogens is 527 g/mol. The lowest BCUT2D eigenvalue weighted by atomic mass is 9.90. The van der Waals surface area contributed by atoms with Crippen molar-refractivity contribution in [3.8, 4) is 0 Å². The molecule has 2 aromatic carbocycles. The molecule has 2 aliphatic heterocycles. The van der Waals surface area contributed by atoms with Crippen LogP contribution in [0, 0.1) is 5.92 Å². The summed E-state index contributed by atoms with van der Waals surface area (Å²) in [6.45, 7) is 3.78. The summed E-state index contributed by atoms with van der Waals surface area (Å²) in [6, 6.07) is 14.9. The predicted molar refractivity (Wildman–Crippen MR) is 140 cm³/mol. The number of amides is 1. The summed E-state index contributed by atoms with van der Waals surface area (Å²) >= 11 is 17.1. The number of halogens is 3. The van der Waals surface area contributed by atoms with Crippen molar-refractivity contribution in [2.45, 2.75) is 54.7 Å². The van der Waals surface area contributed by atoms with Gasteiger partial charge in [-0.15, -0.1) is 0 Å². The smallest absolute Gasteiger partial charge is 0.276 e. The molecule has 0 aromatic heterocycles. The van der Waals surface area contributed by atoms with E-state index in [1.54, 1.807) is 18.2 Å². The third-order valence-electron chi connectivity index (χ3n) is 6.92. The van der Waals surface area contributed by atoms with Gasteiger partial charge in [0.1, 0.15) is 0 Å². The SMILES string of the molecule is C[C@H]1[C@@H](CN2CCC[C@H]2CO)O[C@@H](c2cccc(NC(=O)C(Cl)(Cl)Cl)c2)O[C@H]1c1ccc(CO)cc1. The Morgan fingerprint density at radius 2 is 1.86 bits per heavy atom. The average Bonchev–Trinajstić information content (AvgIpc) is 3.32. The van der Waals surface area contributed by atoms with Gasteiger partial charge in [-0.2, -0.15) is 0 Å².